The average Bonchev–Trinajstić information content (AvgIpc) is 3.26. The predicted molar refractivity (Wildman–Crippen MR) is 140 cm³/mol. The van der Waals surface area contributed by atoms with Crippen LogP contribution in [0, 0.1) is 0 Å². The van der Waals surface area contributed by atoms with E-state index in [1.54, 1.807) is 35.0 Å². The van der Waals surface area contributed by atoms with E-state index in [0.29, 0.717) is 18.1 Å². The lowest BCUT2D eigenvalue weighted by Gasteiger charge is -2.24. The summed E-state index contributed by atoms with van der Waals surface area (Å²) >= 11 is 12.1. The quantitative estimate of drug-likeness (QED) is 0.235. The lowest BCUT2D eigenvalue weighted by molar-refractivity contribution is -0.141. The first-order chi connectivity index (χ1) is 17.2. The first-order valence-electron chi connectivity index (χ1n) is 11.0. The number of benzene rings is 2. The summed E-state index contributed by atoms with van der Waals surface area (Å²) in [5.74, 6) is 0.171. The zero-order valence-electron chi connectivity index (χ0n) is 19.3. The first-order valence-corrected chi connectivity index (χ1v) is 13.2. The summed E-state index contributed by atoms with van der Waals surface area (Å²) in [6.45, 7) is 1.65. The molecular weight excluding hydrogens is 525 g/mol. The van der Waals surface area contributed by atoms with Gasteiger partial charge in [-0.3, -0.25) is 13.7 Å². The molecule has 4 aromatic rings. The number of aromatic nitrogens is 3. The Kier molecular flexibility index (Phi) is 7.67. The number of unbranched alkanes of at least 4 members (excludes halogenated alkanes) is 1. The van der Waals surface area contributed by atoms with Gasteiger partial charge in [0.2, 0.25) is 0 Å². The SMILES string of the molecule is CCCCOC(=O)CN(c1ccc2c(ccn2-c2cnc(N)cn2)c1)S(=O)(=O)c1cc(Cl)cc(Cl)c1. The maximum Gasteiger partial charge on any atom is 0.326 e. The summed E-state index contributed by atoms with van der Waals surface area (Å²) in [6, 6.07) is 10.8. The summed E-state index contributed by atoms with van der Waals surface area (Å²) in [4.78, 5) is 20.8. The van der Waals surface area contributed by atoms with Crippen LogP contribution < -0.4 is 10.0 Å². The van der Waals surface area contributed by atoms with Crippen LogP contribution in [0.15, 0.2) is 66.0 Å². The standard InChI is InChI=1S/C24H23Cl2N5O4S/c1-2-3-8-35-24(32)15-31(36(33,34)20-11-17(25)10-18(26)12-20)19-4-5-21-16(9-19)6-7-30(21)23-14-28-22(27)13-29-23/h4-7,9-14H,2-3,8,15H2,1H3,(H2,27,28). The minimum Gasteiger partial charge on any atom is -0.464 e. The number of hydrogen-bond acceptors (Lipinski definition) is 7. The summed E-state index contributed by atoms with van der Waals surface area (Å²) in [5.41, 5.74) is 6.66. The van der Waals surface area contributed by atoms with Crippen LogP contribution in [-0.2, 0) is 19.6 Å². The van der Waals surface area contributed by atoms with Crippen molar-refractivity contribution in [1.29, 1.82) is 0 Å². The van der Waals surface area contributed by atoms with Gasteiger partial charge in [0.1, 0.15) is 12.4 Å². The lowest BCUT2D eigenvalue weighted by Crippen LogP contribution is -2.36. The Morgan fingerprint density at radius 2 is 1.83 bits per heavy atom. The van der Waals surface area contributed by atoms with E-state index < -0.39 is 22.5 Å². The van der Waals surface area contributed by atoms with Crippen LogP contribution in [0.25, 0.3) is 16.7 Å². The number of nitrogens with zero attached hydrogens (tertiary/aromatic N) is 4. The summed E-state index contributed by atoms with van der Waals surface area (Å²) in [5, 5.41) is 1.03. The summed E-state index contributed by atoms with van der Waals surface area (Å²) < 4.78 is 35.4. The number of nitrogen functional groups attached to an aromatic ring is 1. The molecule has 9 nitrogen and oxygen atoms in total. The lowest BCUT2D eigenvalue weighted by atomic mass is 10.2. The van der Waals surface area contributed by atoms with Crippen LogP contribution >= 0.6 is 23.2 Å². The Balaban J connectivity index is 1.76. The maximum atomic E-state index is 13.7. The van der Waals surface area contributed by atoms with E-state index in [9.17, 15) is 13.2 Å². The monoisotopic (exact) mass is 547 g/mol. The number of nitrogens with two attached hydrogens (primary N) is 1. The number of sulfonamides is 1. The van der Waals surface area contributed by atoms with Gasteiger partial charge in [-0.2, -0.15) is 0 Å². The number of anilines is 2. The molecule has 12 heteroatoms. The molecule has 0 saturated carbocycles. The highest BCUT2D eigenvalue weighted by atomic mass is 35.5. The van der Waals surface area contributed by atoms with Crippen molar-refractivity contribution >= 4 is 61.6 Å². The molecule has 36 heavy (non-hydrogen) atoms. The van der Waals surface area contributed by atoms with Crippen molar-refractivity contribution in [3.05, 3.63) is 71.1 Å². The average molecular weight is 548 g/mol. The Labute approximate surface area is 218 Å². The molecule has 2 heterocycles. The predicted octanol–water partition coefficient (Wildman–Crippen LogP) is 4.85. The minimum atomic E-state index is -4.22. The molecule has 4 rings (SSSR count). The third-order valence-electron chi connectivity index (χ3n) is 5.32. The third-order valence-corrected chi connectivity index (χ3v) is 7.51. The van der Waals surface area contributed by atoms with Crippen LogP contribution in [0.2, 0.25) is 10.0 Å². The number of carbonyl (C=O) groups excluding carboxylic acids is 1. The maximum absolute atomic E-state index is 13.7. The van der Waals surface area contributed by atoms with E-state index in [4.69, 9.17) is 33.7 Å². The molecule has 0 fully saturated rings. The van der Waals surface area contributed by atoms with Crippen LogP contribution in [0.4, 0.5) is 11.5 Å². The molecule has 0 amide bonds. The van der Waals surface area contributed by atoms with Gasteiger partial charge < -0.3 is 10.5 Å². The smallest absolute Gasteiger partial charge is 0.326 e. The van der Waals surface area contributed by atoms with Gasteiger partial charge in [-0.25, -0.2) is 18.4 Å². The van der Waals surface area contributed by atoms with Gasteiger partial charge in [0.05, 0.1) is 35.1 Å². The van der Waals surface area contributed by atoms with Gasteiger partial charge in [0.25, 0.3) is 10.0 Å². The van der Waals surface area contributed by atoms with Crippen LogP contribution in [0.3, 0.4) is 0 Å². The van der Waals surface area contributed by atoms with Crippen LogP contribution in [-0.4, -0.2) is 42.1 Å². The zero-order valence-corrected chi connectivity index (χ0v) is 21.6. The molecule has 2 N–H and O–H groups in total. The second-order valence-corrected chi connectivity index (χ2v) is 10.7. The highest BCUT2D eigenvalue weighted by molar-refractivity contribution is 7.92. The van der Waals surface area contributed by atoms with E-state index in [-0.39, 0.29) is 27.2 Å². The fourth-order valence-corrected chi connectivity index (χ4v) is 5.68. The molecule has 0 spiro atoms. The van der Waals surface area contributed by atoms with Crippen molar-refractivity contribution in [3.8, 4) is 5.82 Å². The van der Waals surface area contributed by atoms with Crippen molar-refractivity contribution in [2.24, 2.45) is 0 Å². The normalized spacial score (nSPS) is 11.5. The molecule has 2 aromatic heterocycles. The minimum absolute atomic E-state index is 0.142. The van der Waals surface area contributed by atoms with Gasteiger partial charge in [0.15, 0.2) is 5.82 Å². The number of ether oxygens (including phenoxy) is 1. The molecule has 2 aromatic carbocycles. The molecule has 0 atom stereocenters. The zero-order chi connectivity index (χ0) is 25.9. The van der Waals surface area contributed by atoms with E-state index in [1.165, 1.54) is 30.6 Å². The molecular formula is C24H23Cl2N5O4S. The summed E-state index contributed by atoms with van der Waals surface area (Å²) in [6.07, 6.45) is 6.28. The van der Waals surface area contributed by atoms with Crippen molar-refractivity contribution < 1.29 is 17.9 Å². The fraction of sp³-hybridized carbons (Fsp3) is 0.208. The molecule has 0 unspecified atom stereocenters. The van der Waals surface area contributed by atoms with Gasteiger partial charge in [0, 0.05) is 21.6 Å². The fourth-order valence-electron chi connectivity index (χ4n) is 3.55. The van der Waals surface area contributed by atoms with E-state index >= 15 is 0 Å². The number of halogens is 2. The first kappa shape index (κ1) is 25.7. The molecule has 0 aliphatic carbocycles. The summed E-state index contributed by atoms with van der Waals surface area (Å²) in [7, 11) is -4.22. The Morgan fingerprint density at radius 1 is 1.08 bits per heavy atom. The largest absolute Gasteiger partial charge is 0.464 e. The molecule has 188 valence electrons. The van der Waals surface area contributed by atoms with Crippen molar-refractivity contribution in [1.82, 2.24) is 14.5 Å². The highest BCUT2D eigenvalue weighted by Crippen LogP contribution is 2.31. The topological polar surface area (TPSA) is 120 Å². The van der Waals surface area contributed by atoms with Crippen molar-refractivity contribution in [2.75, 3.05) is 23.2 Å². The molecule has 0 aliphatic heterocycles. The Morgan fingerprint density at radius 3 is 2.50 bits per heavy atom. The Bertz CT molecular complexity index is 1490. The van der Waals surface area contributed by atoms with Crippen LogP contribution in [0.5, 0.6) is 0 Å². The van der Waals surface area contributed by atoms with Crippen molar-refractivity contribution in [3.63, 3.8) is 0 Å². The van der Waals surface area contributed by atoms with Crippen molar-refractivity contribution in [2.45, 2.75) is 24.7 Å². The molecule has 0 bridgehead atoms. The van der Waals surface area contributed by atoms with Crippen LogP contribution in [0.1, 0.15) is 19.8 Å². The highest BCUT2D eigenvalue weighted by Gasteiger charge is 2.29. The van der Waals surface area contributed by atoms with Gasteiger partial charge in [-0.05, 0) is 48.9 Å². The molecule has 0 aliphatic rings. The van der Waals surface area contributed by atoms with E-state index in [0.717, 1.165) is 21.6 Å². The van der Waals surface area contributed by atoms with Gasteiger partial charge >= 0.3 is 5.97 Å². The van der Waals surface area contributed by atoms with E-state index in [1.807, 2.05) is 6.92 Å². The second kappa shape index (κ2) is 10.7. The number of hydrogen-bond donors (Lipinski definition) is 1. The second-order valence-electron chi connectivity index (χ2n) is 7.92. The van der Waals surface area contributed by atoms with Gasteiger partial charge in [-0.15, -0.1) is 0 Å². The molecule has 0 radical (unpaired) electrons. The molecule has 0 saturated heterocycles. The number of carbonyl (C=O) groups is 1. The number of esters is 1. The number of fused-ring (bicyclic) bond motifs is 1. The van der Waals surface area contributed by atoms with E-state index in [2.05, 4.69) is 9.97 Å². The van der Waals surface area contributed by atoms with Gasteiger partial charge in [-0.1, -0.05) is 36.5 Å². The number of rotatable bonds is 9. The third kappa shape index (κ3) is 5.56. The Hall–Kier alpha value is -3.34.